The van der Waals surface area contributed by atoms with Crippen molar-refractivity contribution >= 4 is 11.6 Å². The molecule has 1 N–H and O–H groups in total. The van der Waals surface area contributed by atoms with Gasteiger partial charge in [0.15, 0.2) is 6.54 Å². The Morgan fingerprint density at radius 2 is 1.74 bits per heavy atom. The van der Waals surface area contributed by atoms with Gasteiger partial charge in [0, 0.05) is 44.3 Å². The van der Waals surface area contributed by atoms with E-state index in [2.05, 4.69) is 68.6 Å². The molecule has 1 amide bonds. The van der Waals surface area contributed by atoms with Crippen molar-refractivity contribution in [2.24, 2.45) is 0 Å². The number of piperidine rings is 1. The van der Waals surface area contributed by atoms with Crippen LogP contribution in [-0.2, 0) is 37.5 Å². The molecule has 4 heteroatoms. The maximum Gasteiger partial charge on any atom is 0.279 e. The minimum Gasteiger partial charge on any atom is -0.321 e. The molecule has 0 bridgehead atoms. The number of rotatable bonds is 5. The van der Waals surface area contributed by atoms with Crippen LogP contribution >= 0.6 is 0 Å². The number of carbonyl (C=O) groups is 1. The molecule has 0 aromatic heterocycles. The monoisotopic (exact) mass is 440 g/mol. The molecule has 2 atom stereocenters. The third kappa shape index (κ3) is 5.50. The Kier molecular flexibility index (Phi) is 8.21. The van der Waals surface area contributed by atoms with Crippen LogP contribution in [-0.4, -0.2) is 36.6 Å². The fourth-order valence-electron chi connectivity index (χ4n) is 4.36. The van der Waals surface area contributed by atoms with Crippen LogP contribution in [0.3, 0.4) is 0 Å². The van der Waals surface area contributed by atoms with Gasteiger partial charge in [-0.15, -0.1) is 0 Å². The van der Waals surface area contributed by atoms with Crippen molar-refractivity contribution in [1.29, 1.82) is 0 Å². The molecule has 0 aliphatic carbocycles. The van der Waals surface area contributed by atoms with Crippen LogP contribution in [0.5, 0.6) is 0 Å². The quantitative estimate of drug-likeness (QED) is 0.674. The Morgan fingerprint density at radius 1 is 1.07 bits per heavy atom. The van der Waals surface area contributed by atoms with E-state index in [1.54, 1.807) is 0 Å². The summed E-state index contributed by atoms with van der Waals surface area (Å²) in [4.78, 5) is 12.9. The van der Waals surface area contributed by atoms with Gasteiger partial charge in [-0.05, 0) is 50.3 Å². The van der Waals surface area contributed by atoms with Gasteiger partial charge in [-0.2, -0.15) is 0 Å². The first-order valence-electron chi connectivity index (χ1n) is 9.79. The molecule has 141 valence electrons. The SMILES string of the molecule is CC[N+]1(CC(=O)Nc2c(C)cccc2C)CCCC(c2ccccc2)C1.[Y]. The molecule has 0 saturated carbocycles. The van der Waals surface area contributed by atoms with Crippen LogP contribution in [0, 0.1) is 13.8 Å². The van der Waals surface area contributed by atoms with Crippen molar-refractivity contribution in [3.05, 3.63) is 65.2 Å². The van der Waals surface area contributed by atoms with Crippen LogP contribution < -0.4 is 5.32 Å². The molecule has 1 aliphatic heterocycles. The zero-order valence-electron chi connectivity index (χ0n) is 16.9. The topological polar surface area (TPSA) is 29.1 Å². The number of likely N-dealkylation sites (N-methyl/N-ethyl adjacent to an activating group) is 1. The molecule has 1 saturated heterocycles. The molecule has 1 fully saturated rings. The van der Waals surface area contributed by atoms with E-state index >= 15 is 0 Å². The van der Waals surface area contributed by atoms with Gasteiger partial charge in [-0.1, -0.05) is 48.5 Å². The van der Waals surface area contributed by atoms with Crippen molar-refractivity contribution in [2.45, 2.75) is 39.5 Å². The number of nitrogens with one attached hydrogen (secondary N) is 1. The first-order valence-corrected chi connectivity index (χ1v) is 9.79. The first-order chi connectivity index (χ1) is 12.5. The van der Waals surface area contributed by atoms with Crippen molar-refractivity contribution in [3.63, 3.8) is 0 Å². The second-order valence-corrected chi connectivity index (χ2v) is 7.79. The Balaban J connectivity index is 0.00000261. The predicted molar refractivity (Wildman–Crippen MR) is 108 cm³/mol. The standard InChI is InChI=1S/C23H30N2O.Y/c1-4-25(15-9-14-21(16-25)20-12-6-5-7-13-20)17-22(26)24-23-18(2)10-8-11-19(23)3;/h5-8,10-13,21H,4,9,14-17H2,1-3H3;/p+1. The molecular weight excluding hydrogens is 409 g/mol. The van der Waals surface area contributed by atoms with E-state index in [4.69, 9.17) is 0 Å². The molecule has 2 aromatic carbocycles. The summed E-state index contributed by atoms with van der Waals surface area (Å²) >= 11 is 0. The van der Waals surface area contributed by atoms with Gasteiger partial charge in [0.2, 0.25) is 0 Å². The number of amides is 1. The van der Waals surface area contributed by atoms with Crippen LogP contribution in [0.15, 0.2) is 48.5 Å². The van der Waals surface area contributed by atoms with Crippen LogP contribution in [0.2, 0.25) is 0 Å². The third-order valence-electron chi connectivity index (χ3n) is 5.96. The van der Waals surface area contributed by atoms with E-state index in [0.29, 0.717) is 12.5 Å². The Labute approximate surface area is 189 Å². The number of aryl methyl sites for hydroxylation is 2. The predicted octanol–water partition coefficient (Wildman–Crippen LogP) is 4.65. The summed E-state index contributed by atoms with van der Waals surface area (Å²) < 4.78 is 0.885. The number of benzene rings is 2. The number of nitrogens with zero attached hydrogens (tertiary/aromatic N) is 1. The van der Waals surface area contributed by atoms with Crippen LogP contribution in [0.1, 0.15) is 42.4 Å². The zero-order valence-corrected chi connectivity index (χ0v) is 19.7. The molecule has 27 heavy (non-hydrogen) atoms. The molecule has 3 nitrogen and oxygen atoms in total. The Morgan fingerprint density at radius 3 is 2.37 bits per heavy atom. The second kappa shape index (κ2) is 9.95. The minimum absolute atomic E-state index is 0. The fraction of sp³-hybridized carbons (Fsp3) is 0.435. The summed E-state index contributed by atoms with van der Waals surface area (Å²) in [6.07, 6.45) is 2.41. The van der Waals surface area contributed by atoms with E-state index in [0.717, 1.165) is 40.9 Å². The number of quaternary nitrogens is 1. The second-order valence-electron chi connectivity index (χ2n) is 7.79. The summed E-state index contributed by atoms with van der Waals surface area (Å²) in [7, 11) is 0. The van der Waals surface area contributed by atoms with Gasteiger partial charge in [0.25, 0.3) is 5.91 Å². The number of anilines is 1. The van der Waals surface area contributed by atoms with Gasteiger partial charge >= 0.3 is 0 Å². The average Bonchev–Trinajstić information content (AvgIpc) is 2.66. The van der Waals surface area contributed by atoms with Crippen molar-refractivity contribution in [2.75, 3.05) is 31.5 Å². The molecule has 2 unspecified atom stereocenters. The van der Waals surface area contributed by atoms with E-state index in [-0.39, 0.29) is 38.6 Å². The number of carbonyl (C=O) groups excluding carboxylic acids is 1. The van der Waals surface area contributed by atoms with Crippen molar-refractivity contribution in [1.82, 2.24) is 0 Å². The fourth-order valence-corrected chi connectivity index (χ4v) is 4.36. The van der Waals surface area contributed by atoms with E-state index in [1.807, 2.05) is 6.07 Å². The van der Waals surface area contributed by atoms with Crippen LogP contribution in [0.25, 0.3) is 0 Å². The van der Waals surface area contributed by atoms with Gasteiger partial charge in [0.05, 0.1) is 19.6 Å². The number of para-hydroxylation sites is 1. The molecule has 2 aromatic rings. The Hall–Kier alpha value is -1.03. The van der Waals surface area contributed by atoms with Gasteiger partial charge in [0.1, 0.15) is 0 Å². The van der Waals surface area contributed by atoms with E-state index in [1.165, 1.54) is 18.4 Å². The van der Waals surface area contributed by atoms with E-state index < -0.39 is 0 Å². The number of hydrogen-bond acceptors (Lipinski definition) is 1. The summed E-state index contributed by atoms with van der Waals surface area (Å²) in [5.74, 6) is 0.691. The van der Waals surface area contributed by atoms with Crippen molar-refractivity contribution < 1.29 is 42.0 Å². The minimum atomic E-state index is 0. The van der Waals surface area contributed by atoms with Crippen molar-refractivity contribution in [3.8, 4) is 0 Å². The molecule has 1 radical (unpaired) electrons. The number of hydrogen-bond donors (Lipinski definition) is 1. The Bertz CT molecular complexity index is 742. The summed E-state index contributed by atoms with van der Waals surface area (Å²) in [6.45, 7) is 10.1. The van der Waals surface area contributed by atoms with E-state index in [9.17, 15) is 4.79 Å². The van der Waals surface area contributed by atoms with Gasteiger partial charge in [-0.25, -0.2) is 0 Å². The molecule has 3 rings (SSSR count). The largest absolute Gasteiger partial charge is 0.321 e. The van der Waals surface area contributed by atoms with Gasteiger partial charge < -0.3 is 9.80 Å². The normalized spacial score (nSPS) is 22.0. The number of likely N-dealkylation sites (tertiary alicyclic amines) is 1. The summed E-state index contributed by atoms with van der Waals surface area (Å²) in [6, 6.07) is 16.9. The molecule has 1 heterocycles. The maximum absolute atomic E-state index is 12.9. The molecule has 1 aliphatic rings. The first kappa shape index (κ1) is 22.3. The average molecular weight is 440 g/mol. The maximum atomic E-state index is 12.9. The van der Waals surface area contributed by atoms with Crippen LogP contribution in [0.4, 0.5) is 5.69 Å². The zero-order chi connectivity index (χ0) is 18.6. The third-order valence-corrected chi connectivity index (χ3v) is 5.96. The van der Waals surface area contributed by atoms with Gasteiger partial charge in [-0.3, -0.25) is 4.79 Å². The molecule has 0 spiro atoms. The molecular formula is C23H31N2OY+. The summed E-state index contributed by atoms with van der Waals surface area (Å²) in [5, 5.41) is 3.18. The smallest absolute Gasteiger partial charge is 0.279 e. The summed E-state index contributed by atoms with van der Waals surface area (Å²) in [5.41, 5.74) is 4.64.